The first-order valence-corrected chi connectivity index (χ1v) is 8.40. The van der Waals surface area contributed by atoms with Crippen LogP contribution in [0.2, 0.25) is 0 Å². The first kappa shape index (κ1) is 17.9. The number of sulfonamides is 1. The molecule has 0 bridgehead atoms. The molecule has 8 heteroatoms. The fourth-order valence-corrected chi connectivity index (χ4v) is 3.29. The van der Waals surface area contributed by atoms with Crippen LogP contribution in [0.25, 0.3) is 0 Å². The van der Waals surface area contributed by atoms with Crippen LogP contribution in [0, 0.1) is 11.6 Å². The lowest BCUT2D eigenvalue weighted by Gasteiger charge is -2.20. The summed E-state index contributed by atoms with van der Waals surface area (Å²) in [6.07, 6.45) is 0.199. The maximum atomic E-state index is 13.8. The van der Waals surface area contributed by atoms with E-state index in [1.165, 1.54) is 24.3 Å². The largest absolute Gasteiger partial charge is 0.481 e. The summed E-state index contributed by atoms with van der Waals surface area (Å²) >= 11 is 0. The molecule has 0 unspecified atom stereocenters. The Balaban J connectivity index is 2.29. The highest BCUT2D eigenvalue weighted by atomic mass is 32.2. The second-order valence-electron chi connectivity index (χ2n) is 5.11. The number of hydrogen-bond donors (Lipinski definition) is 1. The van der Waals surface area contributed by atoms with Crippen LogP contribution in [0.1, 0.15) is 12.0 Å². The summed E-state index contributed by atoms with van der Waals surface area (Å²) in [6.45, 7) is 0. The third-order valence-corrected chi connectivity index (χ3v) is 5.24. The summed E-state index contributed by atoms with van der Waals surface area (Å²) in [5.74, 6) is -2.56. The molecular weight excluding hydrogens is 340 g/mol. The van der Waals surface area contributed by atoms with Gasteiger partial charge in [0.1, 0.15) is 11.6 Å². The SMILES string of the molecule is CN(c1cc(F)ccc1F)S(=O)(=O)c1ccc(CCC(=O)O)cc1. The molecule has 0 aliphatic rings. The van der Waals surface area contributed by atoms with Crippen molar-refractivity contribution in [1.29, 1.82) is 0 Å². The average Bonchev–Trinajstić information content (AvgIpc) is 2.54. The highest BCUT2D eigenvalue weighted by molar-refractivity contribution is 7.92. The summed E-state index contributed by atoms with van der Waals surface area (Å²) in [6, 6.07) is 8.15. The molecule has 2 rings (SSSR count). The molecule has 0 saturated heterocycles. The quantitative estimate of drug-likeness (QED) is 0.865. The number of halogens is 2. The third kappa shape index (κ3) is 3.88. The maximum Gasteiger partial charge on any atom is 0.303 e. The van der Waals surface area contributed by atoms with Crippen molar-refractivity contribution in [2.45, 2.75) is 17.7 Å². The van der Waals surface area contributed by atoms with Crippen LogP contribution < -0.4 is 4.31 Å². The van der Waals surface area contributed by atoms with Crippen molar-refractivity contribution in [1.82, 2.24) is 0 Å². The van der Waals surface area contributed by atoms with Gasteiger partial charge in [-0.1, -0.05) is 12.1 Å². The van der Waals surface area contributed by atoms with Gasteiger partial charge in [-0.05, 0) is 36.2 Å². The topological polar surface area (TPSA) is 74.7 Å². The molecule has 0 spiro atoms. The van der Waals surface area contributed by atoms with E-state index in [9.17, 15) is 22.0 Å². The van der Waals surface area contributed by atoms with Gasteiger partial charge in [0.15, 0.2) is 0 Å². The summed E-state index contributed by atoms with van der Waals surface area (Å²) in [4.78, 5) is 10.4. The van der Waals surface area contributed by atoms with Gasteiger partial charge in [0.05, 0.1) is 10.6 Å². The van der Waals surface area contributed by atoms with Gasteiger partial charge < -0.3 is 5.11 Å². The molecule has 2 aromatic rings. The highest BCUT2D eigenvalue weighted by Crippen LogP contribution is 2.25. The number of nitrogens with zero attached hydrogens (tertiary/aromatic N) is 1. The fourth-order valence-electron chi connectivity index (χ4n) is 2.09. The van der Waals surface area contributed by atoms with E-state index in [1.807, 2.05) is 0 Å². The Kier molecular flexibility index (Phi) is 5.18. The normalized spacial score (nSPS) is 11.3. The molecule has 24 heavy (non-hydrogen) atoms. The van der Waals surface area contributed by atoms with Gasteiger partial charge in [0, 0.05) is 19.5 Å². The molecule has 0 amide bonds. The van der Waals surface area contributed by atoms with Crippen LogP contribution in [0.4, 0.5) is 14.5 Å². The van der Waals surface area contributed by atoms with E-state index in [0.717, 1.165) is 25.2 Å². The maximum absolute atomic E-state index is 13.8. The number of hydrogen-bond acceptors (Lipinski definition) is 3. The second kappa shape index (κ2) is 6.96. The smallest absolute Gasteiger partial charge is 0.303 e. The predicted octanol–water partition coefficient (Wildman–Crippen LogP) is 2.81. The lowest BCUT2D eigenvalue weighted by atomic mass is 10.1. The Morgan fingerprint density at radius 2 is 1.75 bits per heavy atom. The molecule has 0 aliphatic carbocycles. The number of carboxylic acids is 1. The van der Waals surface area contributed by atoms with E-state index in [0.29, 0.717) is 9.87 Å². The number of carbonyl (C=O) groups is 1. The molecule has 0 radical (unpaired) electrons. The van der Waals surface area contributed by atoms with Crippen molar-refractivity contribution >= 4 is 21.7 Å². The third-order valence-electron chi connectivity index (χ3n) is 3.46. The number of rotatable bonds is 6. The van der Waals surface area contributed by atoms with Crippen LogP contribution in [0.15, 0.2) is 47.4 Å². The zero-order valence-corrected chi connectivity index (χ0v) is 13.6. The van der Waals surface area contributed by atoms with Crippen LogP contribution >= 0.6 is 0 Å². The van der Waals surface area contributed by atoms with Gasteiger partial charge >= 0.3 is 5.97 Å². The van der Waals surface area contributed by atoms with Crippen molar-refractivity contribution in [2.75, 3.05) is 11.4 Å². The Hall–Kier alpha value is -2.48. The van der Waals surface area contributed by atoms with Gasteiger partial charge in [-0.15, -0.1) is 0 Å². The second-order valence-corrected chi connectivity index (χ2v) is 7.08. The highest BCUT2D eigenvalue weighted by Gasteiger charge is 2.24. The molecule has 0 aliphatic heterocycles. The van der Waals surface area contributed by atoms with Crippen LogP contribution in [-0.2, 0) is 21.2 Å². The van der Waals surface area contributed by atoms with Gasteiger partial charge in [0.25, 0.3) is 10.0 Å². The average molecular weight is 355 g/mol. The first-order chi connectivity index (χ1) is 11.2. The molecule has 0 aromatic heterocycles. The molecule has 5 nitrogen and oxygen atoms in total. The van der Waals surface area contributed by atoms with Gasteiger partial charge in [0.2, 0.25) is 0 Å². The van der Waals surface area contributed by atoms with Crippen molar-refractivity contribution in [3.8, 4) is 0 Å². The minimum absolute atomic E-state index is 0.0689. The standard InChI is InChI=1S/C16H15F2NO4S/c1-19(15-10-12(17)5-8-14(15)18)24(22,23)13-6-2-11(3-7-13)4-9-16(20)21/h2-3,5-8,10H,4,9H2,1H3,(H,20,21). The van der Waals surface area contributed by atoms with Crippen molar-refractivity contribution in [3.05, 3.63) is 59.7 Å². The Labute approximate surface area is 138 Å². The predicted molar refractivity (Wildman–Crippen MR) is 84.3 cm³/mol. The van der Waals surface area contributed by atoms with Crippen molar-refractivity contribution in [2.24, 2.45) is 0 Å². The number of anilines is 1. The molecule has 1 N–H and O–H groups in total. The van der Waals surface area contributed by atoms with Crippen LogP contribution in [-0.4, -0.2) is 26.5 Å². The van der Waals surface area contributed by atoms with Crippen LogP contribution in [0.5, 0.6) is 0 Å². The lowest BCUT2D eigenvalue weighted by Crippen LogP contribution is -2.27. The van der Waals surface area contributed by atoms with Gasteiger partial charge in [-0.25, -0.2) is 17.2 Å². The van der Waals surface area contributed by atoms with Gasteiger partial charge in [-0.3, -0.25) is 9.10 Å². The molecule has 0 fully saturated rings. The van der Waals surface area contributed by atoms with E-state index in [-0.39, 0.29) is 17.7 Å². The van der Waals surface area contributed by atoms with Crippen molar-refractivity contribution in [3.63, 3.8) is 0 Å². The number of benzene rings is 2. The fraction of sp³-hybridized carbons (Fsp3) is 0.188. The van der Waals surface area contributed by atoms with E-state index in [2.05, 4.69) is 0 Å². The Morgan fingerprint density at radius 1 is 1.12 bits per heavy atom. The van der Waals surface area contributed by atoms with E-state index >= 15 is 0 Å². The zero-order chi connectivity index (χ0) is 17.9. The molecule has 0 heterocycles. The molecule has 2 aromatic carbocycles. The summed E-state index contributed by atoms with van der Waals surface area (Å²) in [5, 5.41) is 8.64. The summed E-state index contributed by atoms with van der Waals surface area (Å²) < 4.78 is 52.7. The zero-order valence-electron chi connectivity index (χ0n) is 12.7. The minimum atomic E-state index is -4.07. The Morgan fingerprint density at radius 3 is 2.33 bits per heavy atom. The monoisotopic (exact) mass is 355 g/mol. The van der Waals surface area contributed by atoms with Crippen molar-refractivity contribution < 1.29 is 27.1 Å². The van der Waals surface area contributed by atoms with E-state index in [4.69, 9.17) is 5.11 Å². The number of aryl methyl sites for hydroxylation is 1. The summed E-state index contributed by atoms with van der Waals surface area (Å²) in [7, 11) is -2.94. The van der Waals surface area contributed by atoms with E-state index < -0.39 is 33.3 Å². The van der Waals surface area contributed by atoms with Crippen LogP contribution in [0.3, 0.4) is 0 Å². The Bertz CT molecular complexity index is 851. The molecule has 0 saturated carbocycles. The molecular formula is C16H15F2NO4S. The lowest BCUT2D eigenvalue weighted by molar-refractivity contribution is -0.136. The number of carboxylic acid groups (broad SMARTS) is 1. The first-order valence-electron chi connectivity index (χ1n) is 6.96. The summed E-state index contributed by atoms with van der Waals surface area (Å²) in [5.41, 5.74) is 0.265. The minimum Gasteiger partial charge on any atom is -0.481 e. The van der Waals surface area contributed by atoms with Gasteiger partial charge in [-0.2, -0.15) is 0 Å². The number of aliphatic carboxylic acids is 1. The molecule has 0 atom stereocenters. The van der Waals surface area contributed by atoms with E-state index in [1.54, 1.807) is 0 Å². The molecule has 128 valence electrons.